The predicted octanol–water partition coefficient (Wildman–Crippen LogP) is 2.65. The third-order valence-electron chi connectivity index (χ3n) is 2.87. The Labute approximate surface area is 115 Å². The van der Waals surface area contributed by atoms with E-state index in [9.17, 15) is 4.39 Å². The van der Waals surface area contributed by atoms with Gasteiger partial charge in [0.1, 0.15) is 12.4 Å². The number of benzene rings is 1. The van der Waals surface area contributed by atoms with Gasteiger partial charge in [0.15, 0.2) is 0 Å². The lowest BCUT2D eigenvalue weighted by Crippen LogP contribution is -2.20. The zero-order valence-corrected chi connectivity index (χ0v) is 11.9. The lowest BCUT2D eigenvalue weighted by Gasteiger charge is -2.18. The summed E-state index contributed by atoms with van der Waals surface area (Å²) >= 11 is 0. The van der Waals surface area contributed by atoms with E-state index in [1.54, 1.807) is 12.1 Å². The van der Waals surface area contributed by atoms with Gasteiger partial charge in [0.2, 0.25) is 0 Å². The third-order valence-corrected chi connectivity index (χ3v) is 2.87. The fourth-order valence-corrected chi connectivity index (χ4v) is 1.77. The van der Waals surface area contributed by atoms with Gasteiger partial charge in [-0.25, -0.2) is 4.39 Å². The van der Waals surface area contributed by atoms with Crippen molar-refractivity contribution in [3.63, 3.8) is 0 Å². The molecule has 1 aromatic carbocycles. The van der Waals surface area contributed by atoms with E-state index >= 15 is 0 Å². The van der Waals surface area contributed by atoms with Crippen LogP contribution < -0.4 is 0 Å². The van der Waals surface area contributed by atoms with Crippen LogP contribution in [-0.2, 0) is 6.54 Å². The maximum atomic E-state index is 13.5. The molecule has 3 heteroatoms. The molecule has 0 amide bonds. The molecule has 0 aromatic heterocycles. The first-order chi connectivity index (χ1) is 9.02. The number of hydrogen-bond acceptors (Lipinski definition) is 2. The van der Waals surface area contributed by atoms with Crippen molar-refractivity contribution in [2.45, 2.75) is 26.8 Å². The van der Waals surface area contributed by atoms with Crippen molar-refractivity contribution >= 4 is 0 Å². The zero-order chi connectivity index (χ0) is 14.3. The van der Waals surface area contributed by atoms with E-state index in [1.807, 2.05) is 0 Å². The van der Waals surface area contributed by atoms with E-state index < -0.39 is 0 Å². The second-order valence-corrected chi connectivity index (χ2v) is 5.19. The molecule has 0 saturated heterocycles. The van der Waals surface area contributed by atoms with Crippen molar-refractivity contribution in [1.29, 1.82) is 0 Å². The van der Waals surface area contributed by atoms with E-state index in [2.05, 4.69) is 37.6 Å². The summed E-state index contributed by atoms with van der Waals surface area (Å²) < 4.78 is 13.5. The number of aliphatic hydroxyl groups excluding tert-OH is 1. The highest BCUT2D eigenvalue weighted by Crippen LogP contribution is 2.12. The average molecular weight is 263 g/mol. The third kappa shape index (κ3) is 5.87. The summed E-state index contributed by atoms with van der Waals surface area (Å²) in [5.41, 5.74) is 1.39. The first-order valence-corrected chi connectivity index (χ1v) is 6.59. The molecule has 0 aliphatic heterocycles. The lowest BCUT2D eigenvalue weighted by molar-refractivity contribution is 0.303. The Morgan fingerprint density at radius 1 is 1.37 bits per heavy atom. The van der Waals surface area contributed by atoms with Gasteiger partial charge in [-0.15, -0.1) is 0 Å². The molecule has 0 unspecified atom stereocenters. The SMILES string of the molecule is CC(C)CCN(C)Cc1ccc(F)c(C#CCO)c1. The summed E-state index contributed by atoms with van der Waals surface area (Å²) in [5.74, 6) is 5.45. The van der Waals surface area contributed by atoms with Crippen LogP contribution in [0.4, 0.5) is 4.39 Å². The standard InChI is InChI=1S/C16H22FNO/c1-13(2)8-9-18(3)12-14-6-7-16(17)15(11-14)5-4-10-19/h6-7,11,13,19H,8-10,12H2,1-3H3. The minimum atomic E-state index is -0.338. The van der Waals surface area contributed by atoms with Crippen molar-refractivity contribution in [3.05, 3.63) is 35.1 Å². The zero-order valence-electron chi connectivity index (χ0n) is 11.9. The monoisotopic (exact) mass is 263 g/mol. The van der Waals surface area contributed by atoms with Crippen molar-refractivity contribution in [2.75, 3.05) is 20.2 Å². The first-order valence-electron chi connectivity index (χ1n) is 6.59. The summed E-state index contributed by atoms with van der Waals surface area (Å²) in [4.78, 5) is 2.22. The lowest BCUT2D eigenvalue weighted by atomic mass is 10.1. The Balaban J connectivity index is 2.68. The second kappa shape index (κ2) is 7.93. The Morgan fingerprint density at radius 3 is 2.74 bits per heavy atom. The van der Waals surface area contributed by atoms with Gasteiger partial charge in [0.05, 0.1) is 5.56 Å². The molecule has 1 aromatic rings. The van der Waals surface area contributed by atoms with Crippen molar-refractivity contribution in [2.24, 2.45) is 5.92 Å². The fraction of sp³-hybridized carbons (Fsp3) is 0.500. The normalized spacial score (nSPS) is 10.7. The fourth-order valence-electron chi connectivity index (χ4n) is 1.77. The maximum absolute atomic E-state index is 13.5. The second-order valence-electron chi connectivity index (χ2n) is 5.19. The molecule has 1 N–H and O–H groups in total. The molecule has 0 heterocycles. The van der Waals surface area contributed by atoms with Crippen molar-refractivity contribution < 1.29 is 9.50 Å². The summed E-state index contributed by atoms with van der Waals surface area (Å²) in [5, 5.41) is 8.65. The summed E-state index contributed by atoms with van der Waals surface area (Å²) in [6, 6.07) is 4.97. The highest BCUT2D eigenvalue weighted by Gasteiger charge is 2.05. The van der Waals surface area contributed by atoms with E-state index in [4.69, 9.17) is 5.11 Å². The van der Waals surface area contributed by atoms with Crippen molar-refractivity contribution in [1.82, 2.24) is 4.90 Å². The van der Waals surface area contributed by atoms with E-state index in [0.29, 0.717) is 11.5 Å². The molecule has 0 spiro atoms. The molecular formula is C16H22FNO. The van der Waals surface area contributed by atoms with Gasteiger partial charge in [0, 0.05) is 6.54 Å². The molecule has 0 atom stereocenters. The Kier molecular flexibility index (Phi) is 6.55. The summed E-state index contributed by atoms with van der Waals surface area (Å²) in [6.45, 7) is 5.95. The Bertz CT molecular complexity index is 460. The van der Waals surface area contributed by atoms with Gasteiger partial charge in [0.25, 0.3) is 0 Å². The molecule has 0 bridgehead atoms. The van der Waals surface area contributed by atoms with Gasteiger partial charge in [-0.2, -0.15) is 0 Å². The van der Waals surface area contributed by atoms with Crippen LogP contribution in [0.15, 0.2) is 18.2 Å². The maximum Gasteiger partial charge on any atom is 0.138 e. The number of rotatable bonds is 5. The van der Waals surface area contributed by atoms with Gasteiger partial charge in [-0.05, 0) is 43.6 Å². The number of halogens is 1. The predicted molar refractivity (Wildman–Crippen MR) is 76.2 cm³/mol. The van der Waals surface area contributed by atoms with E-state index in [1.165, 1.54) is 6.07 Å². The number of nitrogens with zero attached hydrogens (tertiary/aromatic N) is 1. The number of hydrogen-bond donors (Lipinski definition) is 1. The van der Waals surface area contributed by atoms with Crippen LogP contribution >= 0.6 is 0 Å². The van der Waals surface area contributed by atoms with Crippen LogP contribution in [0.5, 0.6) is 0 Å². The molecule has 0 aliphatic carbocycles. The highest BCUT2D eigenvalue weighted by molar-refractivity contribution is 5.38. The molecule has 0 fully saturated rings. The van der Waals surface area contributed by atoms with E-state index in [-0.39, 0.29) is 12.4 Å². The van der Waals surface area contributed by atoms with Gasteiger partial charge >= 0.3 is 0 Å². The van der Waals surface area contributed by atoms with Crippen LogP contribution in [-0.4, -0.2) is 30.2 Å². The van der Waals surface area contributed by atoms with E-state index in [0.717, 1.165) is 25.1 Å². The highest BCUT2D eigenvalue weighted by atomic mass is 19.1. The average Bonchev–Trinajstić information content (AvgIpc) is 2.37. The largest absolute Gasteiger partial charge is 0.384 e. The molecular weight excluding hydrogens is 241 g/mol. The smallest absolute Gasteiger partial charge is 0.138 e. The molecule has 0 radical (unpaired) electrons. The molecule has 1 rings (SSSR count). The quantitative estimate of drug-likeness (QED) is 0.826. The minimum absolute atomic E-state index is 0.252. The van der Waals surface area contributed by atoms with Gasteiger partial charge < -0.3 is 10.0 Å². The molecule has 2 nitrogen and oxygen atoms in total. The topological polar surface area (TPSA) is 23.5 Å². The molecule has 19 heavy (non-hydrogen) atoms. The van der Waals surface area contributed by atoms with Crippen molar-refractivity contribution in [3.8, 4) is 11.8 Å². The van der Waals surface area contributed by atoms with Crippen LogP contribution in [0, 0.1) is 23.6 Å². The van der Waals surface area contributed by atoms with Gasteiger partial charge in [-0.3, -0.25) is 0 Å². The molecule has 104 valence electrons. The summed E-state index contributed by atoms with van der Waals surface area (Å²) in [6.07, 6.45) is 1.15. The Hall–Kier alpha value is -1.37. The van der Waals surface area contributed by atoms with Crippen LogP contribution in [0.25, 0.3) is 0 Å². The number of aliphatic hydroxyl groups is 1. The Morgan fingerprint density at radius 2 is 2.11 bits per heavy atom. The van der Waals surface area contributed by atoms with Crippen LogP contribution in [0.1, 0.15) is 31.4 Å². The molecule has 0 aliphatic rings. The van der Waals surface area contributed by atoms with Crippen LogP contribution in [0.3, 0.4) is 0 Å². The first kappa shape index (κ1) is 15.7. The van der Waals surface area contributed by atoms with Crippen LogP contribution in [0.2, 0.25) is 0 Å². The molecule has 0 saturated carbocycles. The minimum Gasteiger partial charge on any atom is -0.384 e. The summed E-state index contributed by atoms with van der Waals surface area (Å²) in [7, 11) is 2.06. The van der Waals surface area contributed by atoms with Gasteiger partial charge in [-0.1, -0.05) is 31.8 Å².